The van der Waals surface area contributed by atoms with Crippen molar-refractivity contribution in [2.24, 2.45) is 0 Å². The van der Waals surface area contributed by atoms with Gasteiger partial charge < -0.3 is 14.8 Å². The van der Waals surface area contributed by atoms with Gasteiger partial charge in [0, 0.05) is 11.4 Å². The van der Waals surface area contributed by atoms with Gasteiger partial charge in [-0.15, -0.1) is 11.8 Å². The van der Waals surface area contributed by atoms with Crippen molar-refractivity contribution < 1.29 is 19.1 Å². The van der Waals surface area contributed by atoms with Crippen molar-refractivity contribution in [3.8, 4) is 5.75 Å². The number of thioether (sulfide) groups is 1. The van der Waals surface area contributed by atoms with Crippen LogP contribution in [-0.2, 0) is 14.3 Å². The molecule has 0 fully saturated rings. The number of esters is 1. The highest BCUT2D eigenvalue weighted by atomic mass is 32.2. The molecule has 0 aliphatic heterocycles. The van der Waals surface area contributed by atoms with Gasteiger partial charge in [0.15, 0.2) is 0 Å². The monoisotopic (exact) mass is 311 g/mol. The first-order chi connectivity index (χ1) is 10.1. The van der Waals surface area contributed by atoms with Gasteiger partial charge >= 0.3 is 5.97 Å². The third-order valence-corrected chi connectivity index (χ3v) is 3.79. The van der Waals surface area contributed by atoms with Gasteiger partial charge in [0.25, 0.3) is 0 Å². The number of amides is 1. The number of methoxy groups -OCH3 is 1. The van der Waals surface area contributed by atoms with Gasteiger partial charge in [-0.3, -0.25) is 9.59 Å². The zero-order valence-corrected chi connectivity index (χ0v) is 13.4. The number of carbonyl (C=O) groups excluding carboxylic acids is 2. The number of ether oxygens (including phenoxy) is 2. The molecule has 0 saturated heterocycles. The molecular weight excluding hydrogens is 290 g/mol. The summed E-state index contributed by atoms with van der Waals surface area (Å²) in [5.74, 6) is 0.388. The van der Waals surface area contributed by atoms with Crippen LogP contribution in [0.2, 0.25) is 0 Å². The summed E-state index contributed by atoms with van der Waals surface area (Å²) in [6.45, 7) is 4.24. The van der Waals surface area contributed by atoms with Crippen LogP contribution >= 0.6 is 11.8 Å². The van der Waals surface area contributed by atoms with E-state index in [0.717, 1.165) is 10.6 Å². The fraction of sp³-hybridized carbons (Fsp3) is 0.467. The van der Waals surface area contributed by atoms with E-state index >= 15 is 0 Å². The van der Waals surface area contributed by atoms with Crippen LogP contribution in [0.5, 0.6) is 5.75 Å². The Kier molecular flexibility index (Phi) is 7.68. The van der Waals surface area contributed by atoms with Gasteiger partial charge in [-0.1, -0.05) is 0 Å². The van der Waals surface area contributed by atoms with Crippen LogP contribution in [0, 0.1) is 0 Å². The van der Waals surface area contributed by atoms with Crippen LogP contribution in [0.1, 0.15) is 20.3 Å². The number of hydrogen-bond donors (Lipinski definition) is 1. The fourth-order valence-corrected chi connectivity index (χ4v) is 2.47. The van der Waals surface area contributed by atoms with Crippen LogP contribution < -0.4 is 10.1 Å². The van der Waals surface area contributed by atoms with Crippen LogP contribution in [0.4, 0.5) is 0 Å². The molecule has 1 amide bonds. The zero-order valence-electron chi connectivity index (χ0n) is 12.5. The lowest BCUT2D eigenvalue weighted by atomic mass is 10.3. The topological polar surface area (TPSA) is 64.6 Å². The molecule has 1 atom stereocenters. The van der Waals surface area contributed by atoms with E-state index in [4.69, 9.17) is 9.47 Å². The molecule has 6 heteroatoms. The van der Waals surface area contributed by atoms with Crippen molar-refractivity contribution in [1.29, 1.82) is 0 Å². The first-order valence-corrected chi connectivity index (χ1v) is 7.68. The number of carbonyl (C=O) groups is 2. The number of benzene rings is 1. The second kappa shape index (κ2) is 9.28. The molecule has 1 rings (SSSR count). The van der Waals surface area contributed by atoms with Crippen molar-refractivity contribution in [2.75, 3.05) is 20.3 Å². The van der Waals surface area contributed by atoms with E-state index < -0.39 is 0 Å². The predicted molar refractivity (Wildman–Crippen MR) is 82.6 cm³/mol. The van der Waals surface area contributed by atoms with E-state index in [1.807, 2.05) is 31.2 Å². The van der Waals surface area contributed by atoms with E-state index in [-0.39, 0.29) is 23.5 Å². The van der Waals surface area contributed by atoms with Gasteiger partial charge in [-0.25, -0.2) is 0 Å². The summed E-state index contributed by atoms with van der Waals surface area (Å²) in [4.78, 5) is 24.0. The predicted octanol–water partition coefficient (Wildman–Crippen LogP) is 2.25. The lowest BCUT2D eigenvalue weighted by molar-refractivity contribution is -0.143. The van der Waals surface area contributed by atoms with Gasteiger partial charge in [0.05, 0.1) is 25.4 Å². The quantitative estimate of drug-likeness (QED) is 0.589. The smallest absolute Gasteiger partial charge is 0.307 e. The molecule has 0 bridgehead atoms. The van der Waals surface area contributed by atoms with Crippen molar-refractivity contribution in [3.05, 3.63) is 24.3 Å². The summed E-state index contributed by atoms with van der Waals surface area (Å²) in [5.41, 5.74) is 0. The highest BCUT2D eigenvalue weighted by molar-refractivity contribution is 8.00. The van der Waals surface area contributed by atoms with Crippen molar-refractivity contribution in [1.82, 2.24) is 5.32 Å². The molecule has 0 aromatic heterocycles. The minimum Gasteiger partial charge on any atom is -0.497 e. The average molecular weight is 311 g/mol. The Hall–Kier alpha value is -1.69. The Morgan fingerprint density at radius 2 is 1.95 bits per heavy atom. The molecule has 0 aliphatic rings. The second-order valence-electron chi connectivity index (χ2n) is 4.28. The molecule has 0 heterocycles. The first kappa shape index (κ1) is 17.4. The molecular formula is C15H21NO4S. The Morgan fingerprint density at radius 3 is 2.52 bits per heavy atom. The van der Waals surface area contributed by atoms with Gasteiger partial charge in [0.1, 0.15) is 5.75 Å². The summed E-state index contributed by atoms with van der Waals surface area (Å²) in [6, 6.07) is 7.53. The molecule has 1 N–H and O–H groups in total. The van der Waals surface area contributed by atoms with Crippen LogP contribution in [0.3, 0.4) is 0 Å². The van der Waals surface area contributed by atoms with Crippen molar-refractivity contribution >= 4 is 23.6 Å². The second-order valence-corrected chi connectivity index (χ2v) is 5.70. The molecule has 0 unspecified atom stereocenters. The fourth-order valence-electron chi connectivity index (χ4n) is 1.58. The molecule has 1 aromatic rings. The van der Waals surface area contributed by atoms with Gasteiger partial charge in [-0.2, -0.15) is 0 Å². The zero-order chi connectivity index (χ0) is 15.7. The Bertz CT molecular complexity index is 461. The maximum absolute atomic E-state index is 11.9. The van der Waals surface area contributed by atoms with Crippen molar-refractivity contribution in [2.45, 2.75) is 30.4 Å². The highest BCUT2D eigenvalue weighted by Gasteiger charge is 2.14. The Labute approximate surface area is 129 Å². The van der Waals surface area contributed by atoms with E-state index in [1.165, 1.54) is 11.8 Å². The first-order valence-electron chi connectivity index (χ1n) is 6.80. The SMILES string of the molecule is CCOC(=O)CCNC(=O)[C@H](C)Sc1ccc(OC)cc1. The molecule has 116 valence electrons. The molecule has 21 heavy (non-hydrogen) atoms. The molecule has 1 aromatic carbocycles. The van der Waals surface area contributed by atoms with Crippen LogP contribution in [0.15, 0.2) is 29.2 Å². The number of rotatable bonds is 8. The summed E-state index contributed by atoms with van der Waals surface area (Å²) in [5, 5.41) is 2.49. The molecule has 0 radical (unpaired) electrons. The third-order valence-electron chi connectivity index (χ3n) is 2.68. The summed E-state index contributed by atoms with van der Waals surface area (Å²) in [6.07, 6.45) is 0.194. The summed E-state index contributed by atoms with van der Waals surface area (Å²) < 4.78 is 9.88. The summed E-state index contributed by atoms with van der Waals surface area (Å²) in [7, 11) is 1.61. The minimum atomic E-state index is -0.298. The maximum Gasteiger partial charge on any atom is 0.307 e. The third kappa shape index (κ3) is 6.53. The van der Waals surface area contributed by atoms with Gasteiger partial charge in [0.2, 0.25) is 5.91 Å². The number of nitrogens with one attached hydrogen (secondary N) is 1. The van der Waals surface area contributed by atoms with Crippen molar-refractivity contribution in [3.63, 3.8) is 0 Å². The Balaban J connectivity index is 2.34. The number of hydrogen-bond acceptors (Lipinski definition) is 5. The maximum atomic E-state index is 11.9. The summed E-state index contributed by atoms with van der Waals surface area (Å²) >= 11 is 1.46. The normalized spacial score (nSPS) is 11.6. The van der Waals surface area contributed by atoms with Gasteiger partial charge in [-0.05, 0) is 38.1 Å². The lowest BCUT2D eigenvalue weighted by Crippen LogP contribution is -2.32. The van der Waals surface area contributed by atoms with E-state index in [1.54, 1.807) is 14.0 Å². The lowest BCUT2D eigenvalue weighted by Gasteiger charge is -2.12. The largest absolute Gasteiger partial charge is 0.497 e. The Morgan fingerprint density at radius 1 is 1.29 bits per heavy atom. The molecule has 0 spiro atoms. The van der Waals surface area contributed by atoms with Crippen LogP contribution in [0.25, 0.3) is 0 Å². The minimum absolute atomic E-state index is 0.0971. The van der Waals surface area contributed by atoms with E-state index in [2.05, 4.69) is 5.32 Å². The molecule has 0 aliphatic carbocycles. The standard InChI is InChI=1S/C15H21NO4S/c1-4-20-14(17)9-10-16-15(18)11(2)21-13-7-5-12(19-3)6-8-13/h5-8,11H,4,9-10H2,1-3H3,(H,16,18)/t11-/m0/s1. The van der Waals surface area contributed by atoms with Crippen LogP contribution in [-0.4, -0.2) is 37.4 Å². The van der Waals surface area contributed by atoms with E-state index in [0.29, 0.717) is 13.2 Å². The molecule has 0 saturated carbocycles. The average Bonchev–Trinajstić information content (AvgIpc) is 2.48. The van der Waals surface area contributed by atoms with E-state index in [9.17, 15) is 9.59 Å². The highest BCUT2D eigenvalue weighted by Crippen LogP contribution is 2.25. The molecule has 5 nitrogen and oxygen atoms in total.